The first-order chi connectivity index (χ1) is 8.09. The molecule has 0 spiro atoms. The molecule has 0 unspecified atom stereocenters. The molecule has 2 N–H and O–H groups in total. The molecule has 1 amide bonds. The Balaban J connectivity index is 2.22. The maximum atomic E-state index is 12.0. The second kappa shape index (κ2) is 5.08. The largest absolute Gasteiger partial charge is 0.489 e. The predicted octanol–water partition coefficient (Wildman–Crippen LogP) is 0.256. The molecule has 0 atom stereocenters. The Kier molecular flexibility index (Phi) is 3.71. The van der Waals surface area contributed by atoms with Crippen molar-refractivity contribution in [2.24, 2.45) is 0 Å². The van der Waals surface area contributed by atoms with Gasteiger partial charge in [0, 0.05) is 29.1 Å². The Hall–Kier alpha value is -1.04. The minimum atomic E-state index is -1.61. The third-order valence-corrected chi connectivity index (χ3v) is 3.25. The number of nitrogens with zero attached hydrogens (tertiary/aromatic N) is 1. The molecule has 4 nitrogen and oxygen atoms in total. The van der Waals surface area contributed by atoms with Crippen LogP contribution in [0.15, 0.2) is 18.2 Å². The standard InChI is InChI=1S/C11H13BClNO3/c13-10-7-8(3-4-9(10)12(16)17)11(15)14-5-1-2-6-14/h3-4,7,16-17H,1-2,5-6H2. The minimum absolute atomic E-state index is 0.0524. The lowest BCUT2D eigenvalue weighted by Gasteiger charge is -2.15. The number of likely N-dealkylation sites (tertiary alicyclic amines) is 1. The molecule has 6 heteroatoms. The Labute approximate surface area is 105 Å². The summed E-state index contributed by atoms with van der Waals surface area (Å²) in [6.45, 7) is 1.56. The molecule has 0 saturated carbocycles. The molecule has 1 heterocycles. The fourth-order valence-electron chi connectivity index (χ4n) is 1.97. The van der Waals surface area contributed by atoms with Gasteiger partial charge in [-0.3, -0.25) is 4.79 Å². The van der Waals surface area contributed by atoms with Crippen molar-refractivity contribution < 1.29 is 14.8 Å². The molecular weight excluding hydrogens is 240 g/mol. The van der Waals surface area contributed by atoms with Gasteiger partial charge >= 0.3 is 7.12 Å². The van der Waals surface area contributed by atoms with Gasteiger partial charge in [0.1, 0.15) is 0 Å². The molecule has 1 saturated heterocycles. The maximum Gasteiger partial charge on any atom is 0.489 e. The molecular formula is C11H13BClNO3. The second-order valence-electron chi connectivity index (χ2n) is 4.11. The summed E-state index contributed by atoms with van der Waals surface area (Å²) in [4.78, 5) is 13.8. The normalized spacial score (nSPS) is 15.1. The number of benzene rings is 1. The van der Waals surface area contributed by atoms with Crippen molar-refractivity contribution in [3.8, 4) is 0 Å². The van der Waals surface area contributed by atoms with Crippen molar-refractivity contribution in [2.45, 2.75) is 12.8 Å². The Morgan fingerprint density at radius 2 is 1.94 bits per heavy atom. The molecule has 1 aliphatic rings. The van der Waals surface area contributed by atoms with Crippen LogP contribution in [-0.2, 0) is 0 Å². The van der Waals surface area contributed by atoms with Crippen LogP contribution in [-0.4, -0.2) is 41.1 Å². The van der Waals surface area contributed by atoms with E-state index in [1.165, 1.54) is 12.1 Å². The summed E-state index contributed by atoms with van der Waals surface area (Å²) in [6.07, 6.45) is 2.07. The number of halogens is 1. The van der Waals surface area contributed by atoms with E-state index in [9.17, 15) is 4.79 Å². The lowest BCUT2D eigenvalue weighted by molar-refractivity contribution is 0.0793. The zero-order valence-corrected chi connectivity index (χ0v) is 10.0. The van der Waals surface area contributed by atoms with Crippen molar-refractivity contribution in [1.29, 1.82) is 0 Å². The van der Waals surface area contributed by atoms with Crippen LogP contribution in [0.4, 0.5) is 0 Å². The van der Waals surface area contributed by atoms with Gasteiger partial charge < -0.3 is 14.9 Å². The molecule has 2 rings (SSSR count). The highest BCUT2D eigenvalue weighted by Gasteiger charge is 2.21. The number of amides is 1. The third kappa shape index (κ3) is 2.62. The van der Waals surface area contributed by atoms with E-state index < -0.39 is 7.12 Å². The zero-order valence-electron chi connectivity index (χ0n) is 9.27. The Bertz CT molecular complexity index is 433. The average Bonchev–Trinajstić information content (AvgIpc) is 2.80. The highest BCUT2D eigenvalue weighted by atomic mass is 35.5. The van der Waals surface area contributed by atoms with Crippen LogP contribution in [0.25, 0.3) is 0 Å². The van der Waals surface area contributed by atoms with Gasteiger partial charge in [-0.2, -0.15) is 0 Å². The van der Waals surface area contributed by atoms with E-state index in [1.54, 1.807) is 11.0 Å². The summed E-state index contributed by atoms with van der Waals surface area (Å²) in [6, 6.07) is 4.52. The molecule has 1 aromatic rings. The van der Waals surface area contributed by atoms with E-state index in [-0.39, 0.29) is 16.4 Å². The summed E-state index contributed by atoms with van der Waals surface area (Å²) in [5, 5.41) is 18.2. The zero-order chi connectivity index (χ0) is 12.4. The lowest BCUT2D eigenvalue weighted by Crippen LogP contribution is -2.32. The molecule has 0 aromatic heterocycles. The lowest BCUT2D eigenvalue weighted by atomic mass is 9.80. The third-order valence-electron chi connectivity index (χ3n) is 2.92. The number of hydrogen-bond acceptors (Lipinski definition) is 3. The van der Waals surface area contributed by atoms with Crippen LogP contribution in [0.2, 0.25) is 5.02 Å². The molecule has 0 aliphatic carbocycles. The van der Waals surface area contributed by atoms with Crippen LogP contribution in [0, 0.1) is 0 Å². The Morgan fingerprint density at radius 3 is 2.47 bits per heavy atom. The SMILES string of the molecule is O=C(c1ccc(B(O)O)c(Cl)c1)N1CCCC1. The molecule has 0 bridgehead atoms. The number of rotatable bonds is 2. The van der Waals surface area contributed by atoms with Gasteiger partial charge in [-0.05, 0) is 25.0 Å². The fraction of sp³-hybridized carbons (Fsp3) is 0.364. The van der Waals surface area contributed by atoms with Crippen molar-refractivity contribution in [1.82, 2.24) is 4.90 Å². The summed E-state index contributed by atoms with van der Waals surface area (Å²) < 4.78 is 0. The topological polar surface area (TPSA) is 60.8 Å². The Morgan fingerprint density at radius 1 is 1.29 bits per heavy atom. The fourth-order valence-corrected chi connectivity index (χ4v) is 2.25. The van der Waals surface area contributed by atoms with Crippen LogP contribution in [0.3, 0.4) is 0 Å². The maximum absolute atomic E-state index is 12.0. The van der Waals surface area contributed by atoms with Crippen LogP contribution in [0.5, 0.6) is 0 Å². The molecule has 1 fully saturated rings. The van der Waals surface area contributed by atoms with E-state index in [0.717, 1.165) is 25.9 Å². The summed E-state index contributed by atoms with van der Waals surface area (Å²) in [5.41, 5.74) is 0.700. The molecule has 1 aromatic carbocycles. The van der Waals surface area contributed by atoms with Crippen LogP contribution >= 0.6 is 11.6 Å². The monoisotopic (exact) mass is 253 g/mol. The quantitative estimate of drug-likeness (QED) is 0.743. The first-order valence-corrected chi connectivity index (χ1v) is 5.92. The van der Waals surface area contributed by atoms with Gasteiger partial charge in [0.05, 0.1) is 0 Å². The molecule has 1 aliphatic heterocycles. The second-order valence-corrected chi connectivity index (χ2v) is 4.52. The molecule has 90 valence electrons. The predicted molar refractivity (Wildman–Crippen MR) is 66.4 cm³/mol. The minimum Gasteiger partial charge on any atom is -0.423 e. The van der Waals surface area contributed by atoms with E-state index in [4.69, 9.17) is 21.6 Å². The highest BCUT2D eigenvalue weighted by molar-refractivity contribution is 6.62. The molecule has 17 heavy (non-hydrogen) atoms. The van der Waals surface area contributed by atoms with Crippen molar-refractivity contribution >= 4 is 30.1 Å². The summed E-state index contributed by atoms with van der Waals surface area (Å²) in [5.74, 6) is -0.0524. The average molecular weight is 253 g/mol. The smallest absolute Gasteiger partial charge is 0.423 e. The first kappa shape index (κ1) is 12.4. The van der Waals surface area contributed by atoms with Crippen molar-refractivity contribution in [2.75, 3.05) is 13.1 Å². The van der Waals surface area contributed by atoms with E-state index in [0.29, 0.717) is 5.56 Å². The number of hydrogen-bond donors (Lipinski definition) is 2. The van der Waals surface area contributed by atoms with Crippen molar-refractivity contribution in [3.05, 3.63) is 28.8 Å². The van der Waals surface area contributed by atoms with Crippen molar-refractivity contribution in [3.63, 3.8) is 0 Å². The van der Waals surface area contributed by atoms with Crippen LogP contribution < -0.4 is 5.46 Å². The number of carbonyl (C=O) groups excluding carboxylic acids is 1. The van der Waals surface area contributed by atoms with Crippen LogP contribution in [0.1, 0.15) is 23.2 Å². The van der Waals surface area contributed by atoms with Gasteiger partial charge in [-0.1, -0.05) is 17.7 Å². The summed E-state index contributed by atoms with van der Waals surface area (Å²) >= 11 is 5.88. The first-order valence-electron chi connectivity index (χ1n) is 5.54. The highest BCUT2D eigenvalue weighted by Crippen LogP contribution is 2.15. The van der Waals surface area contributed by atoms with E-state index >= 15 is 0 Å². The van der Waals surface area contributed by atoms with E-state index in [1.807, 2.05) is 0 Å². The van der Waals surface area contributed by atoms with E-state index in [2.05, 4.69) is 0 Å². The van der Waals surface area contributed by atoms with Gasteiger partial charge in [-0.15, -0.1) is 0 Å². The summed E-state index contributed by atoms with van der Waals surface area (Å²) in [7, 11) is -1.61. The van der Waals surface area contributed by atoms with Gasteiger partial charge in [0.15, 0.2) is 0 Å². The van der Waals surface area contributed by atoms with Gasteiger partial charge in [-0.25, -0.2) is 0 Å². The van der Waals surface area contributed by atoms with Gasteiger partial charge in [0.2, 0.25) is 0 Å². The number of carbonyl (C=O) groups is 1. The van der Waals surface area contributed by atoms with Gasteiger partial charge in [0.25, 0.3) is 5.91 Å². The molecule has 0 radical (unpaired) electrons.